The van der Waals surface area contributed by atoms with E-state index in [1.54, 1.807) is 0 Å². The van der Waals surface area contributed by atoms with Crippen molar-refractivity contribution < 1.29 is 9.53 Å². The van der Waals surface area contributed by atoms with E-state index in [4.69, 9.17) is 4.74 Å². The largest absolute Gasteiger partial charge is 0.380 e. The number of likely N-dealkylation sites (N-methyl/N-ethyl adjacent to an activating group) is 1. The highest BCUT2D eigenvalue weighted by Gasteiger charge is 2.09. The van der Waals surface area contributed by atoms with Crippen LogP contribution in [-0.2, 0) is 9.53 Å². The molecular weight excluding hydrogens is 180 g/mol. The van der Waals surface area contributed by atoms with Crippen LogP contribution in [0.3, 0.4) is 0 Å². The summed E-state index contributed by atoms with van der Waals surface area (Å²) >= 11 is 0. The molecule has 4 nitrogen and oxygen atoms in total. The summed E-state index contributed by atoms with van der Waals surface area (Å²) in [6, 6.07) is -0.139. The van der Waals surface area contributed by atoms with Crippen LogP contribution in [0.5, 0.6) is 0 Å². The Morgan fingerprint density at radius 1 is 1.36 bits per heavy atom. The van der Waals surface area contributed by atoms with Gasteiger partial charge in [-0.05, 0) is 20.3 Å². The first-order valence-electron chi connectivity index (χ1n) is 5.31. The Labute approximate surface area is 86.4 Å². The maximum Gasteiger partial charge on any atom is 0.236 e. The summed E-state index contributed by atoms with van der Waals surface area (Å²) in [7, 11) is 0. The van der Waals surface area contributed by atoms with Crippen LogP contribution in [0, 0.1) is 0 Å². The van der Waals surface area contributed by atoms with Gasteiger partial charge in [0.2, 0.25) is 5.91 Å². The van der Waals surface area contributed by atoms with Crippen LogP contribution < -0.4 is 10.6 Å². The summed E-state index contributed by atoms with van der Waals surface area (Å²) < 4.78 is 5.28. The molecule has 0 aliphatic heterocycles. The van der Waals surface area contributed by atoms with Crippen LogP contribution in [0.2, 0.25) is 0 Å². The van der Waals surface area contributed by atoms with E-state index in [0.29, 0.717) is 13.2 Å². The molecule has 4 heteroatoms. The van der Waals surface area contributed by atoms with Crippen LogP contribution in [0.25, 0.3) is 0 Å². The molecule has 2 N–H and O–H groups in total. The number of hydrogen-bond acceptors (Lipinski definition) is 3. The minimum absolute atomic E-state index is 0.0444. The van der Waals surface area contributed by atoms with Crippen LogP contribution >= 0.6 is 0 Å². The first kappa shape index (κ1) is 13.4. The van der Waals surface area contributed by atoms with Gasteiger partial charge in [-0.15, -0.1) is 0 Å². The molecule has 1 atom stereocenters. The van der Waals surface area contributed by atoms with Crippen LogP contribution in [0.4, 0.5) is 0 Å². The van der Waals surface area contributed by atoms with Gasteiger partial charge in [0, 0.05) is 19.7 Å². The quantitative estimate of drug-likeness (QED) is 0.564. The highest BCUT2D eigenvalue weighted by molar-refractivity contribution is 5.81. The van der Waals surface area contributed by atoms with E-state index in [-0.39, 0.29) is 11.9 Å². The first-order chi connectivity index (χ1) is 6.72. The van der Waals surface area contributed by atoms with Gasteiger partial charge in [0.1, 0.15) is 0 Å². The second kappa shape index (κ2) is 8.97. The van der Waals surface area contributed by atoms with Crippen LogP contribution in [0.15, 0.2) is 0 Å². The number of carbonyl (C=O) groups is 1. The van der Waals surface area contributed by atoms with Gasteiger partial charge in [0.25, 0.3) is 0 Å². The maximum absolute atomic E-state index is 11.2. The predicted octanol–water partition coefficient (Wildman–Crippen LogP) is 0.527. The lowest BCUT2D eigenvalue weighted by Gasteiger charge is -2.12. The molecular formula is C10H22N2O2. The van der Waals surface area contributed by atoms with Crippen LogP contribution in [0.1, 0.15) is 27.2 Å². The summed E-state index contributed by atoms with van der Waals surface area (Å²) in [6.45, 7) is 8.69. The lowest BCUT2D eigenvalue weighted by molar-refractivity contribution is -0.122. The minimum Gasteiger partial charge on any atom is -0.380 e. The number of ether oxygens (including phenoxy) is 1. The van der Waals surface area contributed by atoms with E-state index in [1.165, 1.54) is 0 Å². The van der Waals surface area contributed by atoms with Gasteiger partial charge in [-0.25, -0.2) is 0 Å². The average Bonchev–Trinajstić information content (AvgIpc) is 2.17. The topological polar surface area (TPSA) is 50.4 Å². The van der Waals surface area contributed by atoms with Crippen molar-refractivity contribution >= 4 is 5.91 Å². The molecule has 0 aromatic rings. The van der Waals surface area contributed by atoms with Crippen molar-refractivity contribution in [2.75, 3.05) is 26.3 Å². The van der Waals surface area contributed by atoms with E-state index in [1.807, 2.05) is 13.8 Å². The van der Waals surface area contributed by atoms with Gasteiger partial charge in [-0.1, -0.05) is 6.92 Å². The Balaban J connectivity index is 3.34. The predicted molar refractivity (Wildman–Crippen MR) is 57.3 cm³/mol. The van der Waals surface area contributed by atoms with Gasteiger partial charge in [0.15, 0.2) is 0 Å². The molecule has 1 amide bonds. The zero-order valence-electron chi connectivity index (χ0n) is 9.43. The fourth-order valence-corrected chi connectivity index (χ4v) is 1.01. The van der Waals surface area contributed by atoms with Crippen molar-refractivity contribution in [1.82, 2.24) is 10.6 Å². The lowest BCUT2D eigenvalue weighted by atomic mass is 10.3. The first-order valence-corrected chi connectivity index (χ1v) is 5.31. The second-order valence-electron chi connectivity index (χ2n) is 3.18. The normalized spacial score (nSPS) is 12.5. The fourth-order valence-electron chi connectivity index (χ4n) is 1.01. The Morgan fingerprint density at radius 3 is 2.64 bits per heavy atom. The third-order valence-corrected chi connectivity index (χ3v) is 1.79. The molecule has 0 aromatic carbocycles. The Kier molecular flexibility index (Phi) is 8.57. The summed E-state index contributed by atoms with van der Waals surface area (Å²) in [5.74, 6) is 0.0444. The molecule has 0 radical (unpaired) electrons. The summed E-state index contributed by atoms with van der Waals surface area (Å²) in [5.41, 5.74) is 0. The minimum atomic E-state index is -0.139. The molecule has 0 saturated carbocycles. The van der Waals surface area contributed by atoms with Gasteiger partial charge >= 0.3 is 0 Å². The third kappa shape index (κ3) is 6.86. The highest BCUT2D eigenvalue weighted by atomic mass is 16.5. The molecule has 84 valence electrons. The average molecular weight is 202 g/mol. The molecule has 0 aromatic heterocycles. The summed E-state index contributed by atoms with van der Waals surface area (Å²) in [5, 5.41) is 5.84. The number of amides is 1. The van der Waals surface area contributed by atoms with Crippen LogP contribution in [-0.4, -0.2) is 38.3 Å². The van der Waals surface area contributed by atoms with E-state index in [2.05, 4.69) is 17.6 Å². The van der Waals surface area contributed by atoms with E-state index in [0.717, 1.165) is 19.6 Å². The van der Waals surface area contributed by atoms with Crippen molar-refractivity contribution in [1.29, 1.82) is 0 Å². The third-order valence-electron chi connectivity index (χ3n) is 1.79. The second-order valence-corrected chi connectivity index (χ2v) is 3.18. The molecule has 0 heterocycles. The van der Waals surface area contributed by atoms with E-state index in [9.17, 15) is 4.79 Å². The fraction of sp³-hybridized carbons (Fsp3) is 0.900. The number of rotatable bonds is 8. The molecule has 1 unspecified atom stereocenters. The number of hydrogen-bond donors (Lipinski definition) is 2. The smallest absolute Gasteiger partial charge is 0.236 e. The van der Waals surface area contributed by atoms with Crippen molar-refractivity contribution in [3.8, 4) is 0 Å². The monoisotopic (exact) mass is 202 g/mol. The van der Waals surface area contributed by atoms with Crippen molar-refractivity contribution in [2.45, 2.75) is 33.2 Å². The number of nitrogens with one attached hydrogen (secondary N) is 2. The van der Waals surface area contributed by atoms with Crippen molar-refractivity contribution in [2.24, 2.45) is 0 Å². The lowest BCUT2D eigenvalue weighted by Crippen LogP contribution is -2.43. The Morgan fingerprint density at radius 2 is 2.07 bits per heavy atom. The number of carbonyl (C=O) groups excluding carboxylic acids is 1. The molecule has 0 bridgehead atoms. The Hall–Kier alpha value is -0.610. The van der Waals surface area contributed by atoms with Gasteiger partial charge in [-0.3, -0.25) is 4.79 Å². The molecule has 0 aliphatic carbocycles. The molecule has 0 saturated heterocycles. The molecule has 0 spiro atoms. The van der Waals surface area contributed by atoms with E-state index < -0.39 is 0 Å². The maximum atomic E-state index is 11.2. The molecule has 0 aliphatic rings. The SMILES string of the molecule is CCCOCCNC(C)C(=O)NCC. The highest BCUT2D eigenvalue weighted by Crippen LogP contribution is 1.83. The molecule has 14 heavy (non-hydrogen) atoms. The van der Waals surface area contributed by atoms with E-state index >= 15 is 0 Å². The molecule has 0 fully saturated rings. The van der Waals surface area contributed by atoms with Gasteiger partial charge in [-0.2, -0.15) is 0 Å². The molecule has 0 rings (SSSR count). The zero-order valence-corrected chi connectivity index (χ0v) is 9.43. The van der Waals surface area contributed by atoms with Gasteiger partial charge < -0.3 is 15.4 Å². The Bertz CT molecular complexity index is 151. The standard InChI is InChI=1S/C10H22N2O2/c1-4-7-14-8-6-12-9(3)10(13)11-5-2/h9,12H,4-8H2,1-3H3,(H,11,13). The summed E-state index contributed by atoms with van der Waals surface area (Å²) in [4.78, 5) is 11.2. The van der Waals surface area contributed by atoms with Crippen molar-refractivity contribution in [3.05, 3.63) is 0 Å². The van der Waals surface area contributed by atoms with Gasteiger partial charge in [0.05, 0.1) is 12.6 Å². The summed E-state index contributed by atoms with van der Waals surface area (Å²) in [6.07, 6.45) is 1.03. The van der Waals surface area contributed by atoms with Crippen molar-refractivity contribution in [3.63, 3.8) is 0 Å². The zero-order chi connectivity index (χ0) is 10.8.